The van der Waals surface area contributed by atoms with E-state index in [0.29, 0.717) is 21.2 Å². The van der Waals surface area contributed by atoms with Gasteiger partial charge in [-0.25, -0.2) is 0 Å². The molecule has 154 valence electrons. The highest BCUT2D eigenvalue weighted by atomic mass is 32.2. The van der Waals surface area contributed by atoms with E-state index in [-0.39, 0.29) is 16.0 Å². The Morgan fingerprint density at radius 1 is 1.06 bits per heavy atom. The predicted molar refractivity (Wildman–Crippen MR) is 120 cm³/mol. The number of hydrogen-bond acceptors (Lipinski definition) is 8. The molecule has 31 heavy (non-hydrogen) atoms. The maximum atomic E-state index is 12.7. The van der Waals surface area contributed by atoms with Crippen LogP contribution >= 0.6 is 23.1 Å². The number of ketones is 1. The molecule has 0 bridgehead atoms. The van der Waals surface area contributed by atoms with Crippen molar-refractivity contribution in [3.63, 3.8) is 0 Å². The molecule has 9 heteroatoms. The maximum Gasteiger partial charge on any atom is 0.324 e. The molecule has 2 aromatic heterocycles. The quantitative estimate of drug-likeness (QED) is 0.112. The van der Waals surface area contributed by atoms with Crippen molar-refractivity contribution in [1.29, 1.82) is 0 Å². The van der Waals surface area contributed by atoms with Crippen LogP contribution in [-0.2, 0) is 0 Å². The second-order valence-corrected chi connectivity index (χ2v) is 8.53. The maximum absolute atomic E-state index is 12.7. The Kier molecular flexibility index (Phi) is 6.06. The zero-order valence-corrected chi connectivity index (χ0v) is 17.9. The monoisotopic (exact) mass is 449 g/mol. The summed E-state index contributed by atoms with van der Waals surface area (Å²) in [5.74, 6) is 0.130. The number of carbonyl (C=O) groups is 1. The summed E-state index contributed by atoms with van der Waals surface area (Å²) >= 11 is 2.08. The average molecular weight is 450 g/mol. The normalized spacial score (nSPS) is 11.5. The average Bonchev–Trinajstić information content (AvgIpc) is 3.44. The van der Waals surface area contributed by atoms with Crippen LogP contribution in [0, 0.1) is 17.0 Å². The Balaban J connectivity index is 1.66. The van der Waals surface area contributed by atoms with Crippen molar-refractivity contribution in [2.75, 3.05) is 0 Å². The molecular weight excluding hydrogens is 434 g/mol. The molecule has 0 aliphatic rings. The smallest absolute Gasteiger partial charge is 0.324 e. The fourth-order valence-electron chi connectivity index (χ4n) is 2.67. The highest BCUT2D eigenvalue weighted by Crippen LogP contribution is 2.40. The number of carbonyl (C=O) groups excluding carboxylic acids is 1. The lowest BCUT2D eigenvalue weighted by Gasteiger charge is -2.02. The van der Waals surface area contributed by atoms with Crippen LogP contribution in [0.25, 0.3) is 16.4 Å². The Bertz CT molecular complexity index is 1260. The lowest BCUT2D eigenvalue weighted by molar-refractivity contribution is -0.380. The molecule has 0 unspecified atom stereocenters. The van der Waals surface area contributed by atoms with Gasteiger partial charge < -0.3 is 4.42 Å². The minimum Gasteiger partial charge on any atom is -0.411 e. The Morgan fingerprint density at radius 2 is 1.81 bits per heavy atom. The van der Waals surface area contributed by atoms with E-state index in [2.05, 4.69) is 10.2 Å². The number of aromatic nitrogens is 2. The number of nitro groups is 1. The molecule has 0 radical (unpaired) electrons. The van der Waals surface area contributed by atoms with Gasteiger partial charge in [-0.05, 0) is 36.9 Å². The zero-order valence-electron chi connectivity index (χ0n) is 16.2. The summed E-state index contributed by atoms with van der Waals surface area (Å²) < 4.78 is 5.76. The molecule has 0 saturated heterocycles. The molecule has 0 amide bonds. The number of thioether (sulfide) groups is 1. The van der Waals surface area contributed by atoms with Gasteiger partial charge in [-0.3, -0.25) is 14.9 Å². The van der Waals surface area contributed by atoms with E-state index in [1.54, 1.807) is 30.3 Å². The summed E-state index contributed by atoms with van der Waals surface area (Å²) in [7, 11) is 0. The minimum atomic E-state index is -0.461. The molecule has 0 atom stereocenters. The Hall–Kier alpha value is -3.56. The first-order chi connectivity index (χ1) is 15.0. The minimum absolute atomic E-state index is 0.0143. The highest BCUT2D eigenvalue weighted by molar-refractivity contribution is 8.08. The lowest BCUT2D eigenvalue weighted by atomic mass is 10.1. The second-order valence-electron chi connectivity index (χ2n) is 6.48. The van der Waals surface area contributed by atoms with Crippen molar-refractivity contribution in [3.05, 3.63) is 98.9 Å². The van der Waals surface area contributed by atoms with Crippen LogP contribution in [0.15, 0.2) is 82.4 Å². The van der Waals surface area contributed by atoms with Gasteiger partial charge in [0.1, 0.15) is 0 Å². The third kappa shape index (κ3) is 4.96. The van der Waals surface area contributed by atoms with Crippen LogP contribution in [-0.4, -0.2) is 20.9 Å². The van der Waals surface area contributed by atoms with E-state index in [9.17, 15) is 14.9 Å². The summed E-state index contributed by atoms with van der Waals surface area (Å²) in [6, 6.07) is 19.5. The van der Waals surface area contributed by atoms with Crippen molar-refractivity contribution in [2.24, 2.45) is 0 Å². The van der Waals surface area contributed by atoms with Crippen LogP contribution in [0.2, 0.25) is 0 Å². The third-order valence-electron chi connectivity index (χ3n) is 4.24. The number of rotatable bonds is 7. The molecule has 0 fully saturated rings. The van der Waals surface area contributed by atoms with Crippen LogP contribution in [0.3, 0.4) is 0 Å². The number of aryl methyl sites for hydroxylation is 1. The van der Waals surface area contributed by atoms with E-state index < -0.39 is 4.92 Å². The molecule has 0 saturated carbocycles. The van der Waals surface area contributed by atoms with Gasteiger partial charge >= 0.3 is 5.00 Å². The molecule has 4 aromatic rings. The van der Waals surface area contributed by atoms with Gasteiger partial charge in [0.15, 0.2) is 5.78 Å². The fourth-order valence-corrected chi connectivity index (χ4v) is 4.38. The molecule has 0 N–H and O–H groups in total. The van der Waals surface area contributed by atoms with E-state index in [1.807, 2.05) is 37.3 Å². The number of benzene rings is 2. The number of hydrogen-bond donors (Lipinski definition) is 0. The predicted octanol–water partition coefficient (Wildman–Crippen LogP) is 6.03. The largest absolute Gasteiger partial charge is 0.411 e. The van der Waals surface area contributed by atoms with Crippen molar-refractivity contribution in [2.45, 2.75) is 12.1 Å². The zero-order chi connectivity index (χ0) is 21.8. The summed E-state index contributed by atoms with van der Waals surface area (Å²) in [5.41, 5.74) is 2.40. The molecule has 0 spiro atoms. The first-order valence-electron chi connectivity index (χ1n) is 9.13. The SMILES string of the molecule is Cc1ccc(-c2nnc(SC(=CC(=O)c3ccccc3)c3ccc([N+](=O)[O-])s3)o2)cc1. The topological polar surface area (TPSA) is 99.1 Å². The van der Waals surface area contributed by atoms with Gasteiger partial charge in [-0.15, -0.1) is 10.2 Å². The molecule has 2 aromatic carbocycles. The van der Waals surface area contributed by atoms with E-state index in [4.69, 9.17) is 4.42 Å². The van der Waals surface area contributed by atoms with Gasteiger partial charge in [0, 0.05) is 33.1 Å². The Labute approximate surface area is 185 Å². The lowest BCUT2D eigenvalue weighted by Crippen LogP contribution is -1.94. The van der Waals surface area contributed by atoms with Gasteiger partial charge in [-0.1, -0.05) is 59.4 Å². The van der Waals surface area contributed by atoms with Crippen LogP contribution in [0.4, 0.5) is 5.00 Å². The second kappa shape index (κ2) is 9.07. The van der Waals surface area contributed by atoms with Gasteiger partial charge in [-0.2, -0.15) is 0 Å². The van der Waals surface area contributed by atoms with Crippen molar-refractivity contribution < 1.29 is 14.1 Å². The first kappa shape index (κ1) is 20.7. The van der Waals surface area contributed by atoms with E-state index in [1.165, 1.54) is 12.1 Å². The van der Waals surface area contributed by atoms with Crippen LogP contribution < -0.4 is 0 Å². The number of thiophene rings is 1. The van der Waals surface area contributed by atoms with E-state index >= 15 is 0 Å². The summed E-state index contributed by atoms with van der Waals surface area (Å²) in [6.45, 7) is 1.99. The van der Waals surface area contributed by atoms with Crippen LogP contribution in [0.1, 0.15) is 20.8 Å². The van der Waals surface area contributed by atoms with Gasteiger partial charge in [0.05, 0.1) is 4.92 Å². The third-order valence-corrected chi connectivity index (χ3v) is 6.33. The molecule has 7 nitrogen and oxygen atoms in total. The molecular formula is C22H15N3O4S2. The van der Waals surface area contributed by atoms with Crippen molar-refractivity contribution in [1.82, 2.24) is 10.2 Å². The number of nitrogens with zero attached hydrogens (tertiary/aromatic N) is 3. The van der Waals surface area contributed by atoms with Gasteiger partial charge in [0.2, 0.25) is 5.89 Å². The summed E-state index contributed by atoms with van der Waals surface area (Å²) in [6.07, 6.45) is 1.44. The van der Waals surface area contributed by atoms with Gasteiger partial charge in [0.25, 0.3) is 5.22 Å². The summed E-state index contributed by atoms with van der Waals surface area (Å²) in [4.78, 5) is 24.4. The fraction of sp³-hybridized carbons (Fsp3) is 0.0455. The van der Waals surface area contributed by atoms with Crippen molar-refractivity contribution >= 4 is 38.8 Å². The standard InChI is InChI=1S/C22H15N3O4S2/c1-14-7-9-16(10-8-14)21-23-24-22(29-21)31-19(18-11-12-20(30-18)25(27)28)13-17(26)15-5-3-2-4-6-15/h2-13H,1H3. The molecule has 0 aliphatic carbocycles. The Morgan fingerprint density at radius 3 is 2.48 bits per heavy atom. The van der Waals surface area contributed by atoms with Crippen molar-refractivity contribution in [3.8, 4) is 11.5 Å². The van der Waals surface area contributed by atoms with Crippen LogP contribution in [0.5, 0.6) is 0 Å². The molecule has 4 rings (SSSR count). The first-order valence-corrected chi connectivity index (χ1v) is 10.8. The highest BCUT2D eigenvalue weighted by Gasteiger charge is 2.18. The molecule has 2 heterocycles. The molecule has 0 aliphatic heterocycles. The van der Waals surface area contributed by atoms with E-state index in [0.717, 1.165) is 34.2 Å². The summed E-state index contributed by atoms with van der Waals surface area (Å²) in [5, 5.41) is 19.5. The number of allylic oxidation sites excluding steroid dienone is 1.